The minimum atomic E-state index is 0.494. The van der Waals surface area contributed by atoms with Crippen LogP contribution < -0.4 is 10.6 Å². The Hall–Kier alpha value is -1.46. The Morgan fingerprint density at radius 1 is 1.30 bits per heavy atom. The molecule has 0 aliphatic carbocycles. The van der Waals surface area contributed by atoms with Gasteiger partial charge in [0.1, 0.15) is 0 Å². The first-order valence-electron chi connectivity index (χ1n) is 6.69. The van der Waals surface area contributed by atoms with Crippen molar-refractivity contribution in [3.8, 4) is 0 Å². The van der Waals surface area contributed by atoms with Crippen LogP contribution in [0.3, 0.4) is 0 Å². The number of hydrogen-bond acceptors (Lipinski definition) is 3. The molecule has 0 bridgehead atoms. The van der Waals surface area contributed by atoms with Gasteiger partial charge in [-0.25, -0.2) is 4.98 Å². The summed E-state index contributed by atoms with van der Waals surface area (Å²) < 4.78 is 0. The third-order valence-corrected chi connectivity index (χ3v) is 3.99. The summed E-state index contributed by atoms with van der Waals surface area (Å²) in [5, 5.41) is 10.3. The first kappa shape index (κ1) is 14.9. The Labute approximate surface area is 129 Å². The molecule has 20 heavy (non-hydrogen) atoms. The predicted octanol–water partition coefficient (Wildman–Crippen LogP) is 3.80. The number of nitrogens with zero attached hydrogens (tertiary/aromatic N) is 1. The van der Waals surface area contributed by atoms with Crippen molar-refractivity contribution < 1.29 is 0 Å². The van der Waals surface area contributed by atoms with E-state index in [0.29, 0.717) is 11.0 Å². The molecule has 0 unspecified atom stereocenters. The number of thiocarbonyl (C=S) groups is 1. The molecule has 3 nitrogen and oxygen atoms in total. The maximum atomic E-state index is 5.26. The van der Waals surface area contributed by atoms with Crippen LogP contribution in [0.2, 0.25) is 0 Å². The summed E-state index contributed by atoms with van der Waals surface area (Å²) in [5.41, 5.74) is 2.18. The van der Waals surface area contributed by atoms with Gasteiger partial charge in [-0.05, 0) is 30.3 Å². The number of hydrogen-bond donors (Lipinski definition) is 2. The molecular formula is C15H19N3S2. The molecule has 0 aliphatic heterocycles. The van der Waals surface area contributed by atoms with Crippen LogP contribution in [0.5, 0.6) is 0 Å². The van der Waals surface area contributed by atoms with E-state index in [-0.39, 0.29) is 0 Å². The van der Waals surface area contributed by atoms with E-state index < -0.39 is 0 Å². The van der Waals surface area contributed by atoms with E-state index in [1.54, 1.807) is 11.3 Å². The van der Waals surface area contributed by atoms with E-state index in [4.69, 9.17) is 12.2 Å². The fraction of sp³-hybridized carbons (Fsp3) is 0.333. The summed E-state index contributed by atoms with van der Waals surface area (Å²) >= 11 is 6.98. The highest BCUT2D eigenvalue weighted by molar-refractivity contribution is 7.80. The fourth-order valence-electron chi connectivity index (χ4n) is 1.68. The van der Waals surface area contributed by atoms with Crippen molar-refractivity contribution in [2.45, 2.75) is 26.2 Å². The lowest BCUT2D eigenvalue weighted by Crippen LogP contribution is -2.30. The molecule has 0 amide bonds. The van der Waals surface area contributed by atoms with Crippen LogP contribution in [-0.4, -0.2) is 16.6 Å². The molecule has 2 aromatic rings. The van der Waals surface area contributed by atoms with Gasteiger partial charge < -0.3 is 10.6 Å². The van der Waals surface area contributed by atoms with Crippen molar-refractivity contribution in [1.82, 2.24) is 10.3 Å². The van der Waals surface area contributed by atoms with Crippen molar-refractivity contribution >= 4 is 34.4 Å². The van der Waals surface area contributed by atoms with E-state index in [0.717, 1.165) is 23.7 Å². The van der Waals surface area contributed by atoms with Crippen molar-refractivity contribution in [2.75, 3.05) is 11.9 Å². The van der Waals surface area contributed by atoms with Crippen LogP contribution in [0.4, 0.5) is 5.69 Å². The molecule has 1 aromatic heterocycles. The highest BCUT2D eigenvalue weighted by Crippen LogP contribution is 2.17. The quantitative estimate of drug-likeness (QED) is 0.824. The van der Waals surface area contributed by atoms with Crippen molar-refractivity contribution in [1.29, 1.82) is 0 Å². The molecule has 0 saturated heterocycles. The second kappa shape index (κ2) is 7.36. The van der Waals surface area contributed by atoms with Gasteiger partial charge in [0.2, 0.25) is 0 Å². The Kier molecular flexibility index (Phi) is 5.49. The summed E-state index contributed by atoms with van der Waals surface area (Å²) in [7, 11) is 0. The van der Waals surface area contributed by atoms with Crippen LogP contribution in [0.15, 0.2) is 35.7 Å². The minimum absolute atomic E-state index is 0.494. The molecular weight excluding hydrogens is 286 g/mol. The Bertz CT molecular complexity index is 549. The SMILES string of the molecule is CC(C)c1csc(CCNC(=S)Nc2ccccc2)n1. The predicted molar refractivity (Wildman–Crippen MR) is 90.6 cm³/mol. The Balaban J connectivity index is 1.73. The first-order chi connectivity index (χ1) is 9.65. The van der Waals surface area contributed by atoms with Crippen LogP contribution in [-0.2, 0) is 6.42 Å². The van der Waals surface area contributed by atoms with Crippen molar-refractivity contribution in [3.05, 3.63) is 46.4 Å². The fourth-order valence-corrected chi connectivity index (χ4v) is 2.86. The van der Waals surface area contributed by atoms with Gasteiger partial charge in [-0.15, -0.1) is 11.3 Å². The molecule has 0 spiro atoms. The molecule has 2 rings (SSSR count). The van der Waals surface area contributed by atoms with Gasteiger partial charge in [-0.2, -0.15) is 0 Å². The number of aromatic nitrogens is 1. The Morgan fingerprint density at radius 3 is 2.70 bits per heavy atom. The third-order valence-electron chi connectivity index (χ3n) is 2.82. The van der Waals surface area contributed by atoms with Gasteiger partial charge in [-0.3, -0.25) is 0 Å². The molecule has 0 radical (unpaired) electrons. The largest absolute Gasteiger partial charge is 0.362 e. The van der Waals surface area contributed by atoms with E-state index in [1.807, 2.05) is 30.3 Å². The topological polar surface area (TPSA) is 37.0 Å². The van der Waals surface area contributed by atoms with Crippen molar-refractivity contribution in [3.63, 3.8) is 0 Å². The van der Waals surface area contributed by atoms with E-state index in [2.05, 4.69) is 34.8 Å². The molecule has 0 fully saturated rings. The average Bonchev–Trinajstić information content (AvgIpc) is 2.89. The summed E-state index contributed by atoms with van der Waals surface area (Å²) in [6, 6.07) is 9.92. The van der Waals surface area contributed by atoms with E-state index in [1.165, 1.54) is 5.69 Å². The third kappa shape index (κ3) is 4.58. The maximum Gasteiger partial charge on any atom is 0.170 e. The van der Waals surface area contributed by atoms with Gasteiger partial charge in [0.25, 0.3) is 0 Å². The lowest BCUT2D eigenvalue weighted by molar-refractivity contribution is 0.807. The molecule has 1 aromatic carbocycles. The molecule has 0 atom stereocenters. The van der Waals surface area contributed by atoms with E-state index >= 15 is 0 Å². The monoisotopic (exact) mass is 305 g/mol. The van der Waals surface area contributed by atoms with E-state index in [9.17, 15) is 0 Å². The lowest BCUT2D eigenvalue weighted by atomic mass is 10.2. The highest BCUT2D eigenvalue weighted by Gasteiger charge is 2.05. The van der Waals surface area contributed by atoms with Gasteiger partial charge in [-0.1, -0.05) is 32.0 Å². The number of nitrogens with one attached hydrogen (secondary N) is 2. The number of benzene rings is 1. The zero-order valence-corrected chi connectivity index (χ0v) is 13.4. The zero-order valence-electron chi connectivity index (χ0n) is 11.7. The van der Waals surface area contributed by atoms with Gasteiger partial charge in [0.15, 0.2) is 5.11 Å². The van der Waals surface area contributed by atoms with Crippen LogP contribution in [0.25, 0.3) is 0 Å². The summed E-state index contributed by atoms with van der Waals surface area (Å²) in [5.74, 6) is 0.494. The zero-order chi connectivity index (χ0) is 14.4. The first-order valence-corrected chi connectivity index (χ1v) is 7.98. The van der Waals surface area contributed by atoms with Crippen LogP contribution >= 0.6 is 23.6 Å². The molecule has 1 heterocycles. The number of anilines is 1. The number of para-hydroxylation sites is 1. The normalized spacial score (nSPS) is 10.6. The molecule has 5 heteroatoms. The molecule has 2 N–H and O–H groups in total. The standard InChI is InChI=1S/C15H19N3S2/c1-11(2)13-10-20-14(18-13)8-9-16-15(19)17-12-6-4-3-5-7-12/h3-7,10-11H,8-9H2,1-2H3,(H2,16,17,19). The average molecular weight is 305 g/mol. The minimum Gasteiger partial charge on any atom is -0.362 e. The summed E-state index contributed by atoms with van der Waals surface area (Å²) in [4.78, 5) is 4.61. The number of rotatable bonds is 5. The smallest absolute Gasteiger partial charge is 0.170 e. The Morgan fingerprint density at radius 2 is 2.05 bits per heavy atom. The van der Waals surface area contributed by atoms with Crippen molar-refractivity contribution in [2.24, 2.45) is 0 Å². The van der Waals surface area contributed by atoms with Gasteiger partial charge in [0, 0.05) is 24.0 Å². The highest BCUT2D eigenvalue weighted by atomic mass is 32.1. The second-order valence-corrected chi connectivity index (χ2v) is 6.17. The number of thiazole rings is 1. The maximum absolute atomic E-state index is 5.26. The lowest BCUT2D eigenvalue weighted by Gasteiger charge is -2.09. The summed E-state index contributed by atoms with van der Waals surface area (Å²) in [6.07, 6.45) is 0.897. The molecule has 0 saturated carbocycles. The second-order valence-electron chi connectivity index (χ2n) is 4.82. The molecule has 0 aliphatic rings. The summed E-state index contributed by atoms with van der Waals surface area (Å²) in [6.45, 7) is 5.12. The van der Waals surface area contributed by atoms with Crippen LogP contribution in [0, 0.1) is 0 Å². The van der Waals surface area contributed by atoms with Gasteiger partial charge in [0.05, 0.1) is 10.7 Å². The van der Waals surface area contributed by atoms with Crippen LogP contribution in [0.1, 0.15) is 30.5 Å². The molecule has 106 valence electrons. The van der Waals surface area contributed by atoms with Gasteiger partial charge >= 0.3 is 0 Å².